The summed E-state index contributed by atoms with van der Waals surface area (Å²) < 4.78 is 0. The minimum absolute atomic E-state index is 0.960. The molecule has 16 heavy (non-hydrogen) atoms. The van der Waals surface area contributed by atoms with E-state index in [9.17, 15) is 0 Å². The third kappa shape index (κ3) is 3.39. The van der Waals surface area contributed by atoms with Crippen molar-refractivity contribution in [1.29, 1.82) is 0 Å². The summed E-state index contributed by atoms with van der Waals surface area (Å²) in [7, 11) is 1.91. The number of anilines is 1. The maximum atomic E-state index is 4.24. The largest absolute Gasteiger partial charge is 0.373 e. The van der Waals surface area contributed by atoms with Gasteiger partial charge in [-0.05, 0) is 36.4 Å². The summed E-state index contributed by atoms with van der Waals surface area (Å²) in [5.74, 6) is 3.54. The molecule has 1 fully saturated rings. The molecule has 0 aromatic carbocycles. The van der Waals surface area contributed by atoms with E-state index in [0.29, 0.717) is 0 Å². The highest BCUT2D eigenvalue weighted by Gasteiger charge is 2.09. The topological polar surface area (TPSA) is 28.2 Å². The average Bonchev–Trinajstić information content (AvgIpc) is 2.58. The summed E-state index contributed by atoms with van der Waals surface area (Å²) in [6, 6.07) is 4.25. The van der Waals surface area contributed by atoms with Gasteiger partial charge in [0.15, 0.2) is 0 Å². The molecule has 0 aliphatic carbocycles. The van der Waals surface area contributed by atoms with Crippen LogP contribution in [0.15, 0.2) is 18.3 Å². The van der Waals surface area contributed by atoms with Crippen molar-refractivity contribution in [1.82, 2.24) is 9.88 Å². The van der Waals surface area contributed by atoms with Gasteiger partial charge in [0.1, 0.15) is 5.82 Å². The molecule has 88 valence electrons. The Morgan fingerprint density at radius 1 is 1.44 bits per heavy atom. The number of hydrogen-bond acceptors (Lipinski definition) is 4. The third-order valence-corrected chi connectivity index (χ3v) is 3.85. The van der Waals surface area contributed by atoms with Crippen LogP contribution in [0.1, 0.15) is 12.0 Å². The summed E-state index contributed by atoms with van der Waals surface area (Å²) in [5, 5.41) is 3.08. The van der Waals surface area contributed by atoms with E-state index < -0.39 is 0 Å². The maximum Gasteiger partial charge on any atom is 0.125 e. The van der Waals surface area contributed by atoms with Gasteiger partial charge in [-0.25, -0.2) is 4.98 Å². The van der Waals surface area contributed by atoms with Crippen LogP contribution in [0.2, 0.25) is 0 Å². The van der Waals surface area contributed by atoms with Gasteiger partial charge in [-0.3, -0.25) is 4.90 Å². The summed E-state index contributed by atoms with van der Waals surface area (Å²) >= 11 is 2.07. The zero-order chi connectivity index (χ0) is 11.2. The molecule has 1 aliphatic rings. The van der Waals surface area contributed by atoms with Crippen LogP contribution in [0.5, 0.6) is 0 Å². The van der Waals surface area contributed by atoms with Gasteiger partial charge in [-0.2, -0.15) is 11.8 Å². The van der Waals surface area contributed by atoms with Crippen LogP contribution in [0.25, 0.3) is 0 Å². The van der Waals surface area contributed by atoms with Crippen LogP contribution < -0.4 is 5.32 Å². The Bertz CT molecular complexity index is 322. The fourth-order valence-electron chi connectivity index (χ4n) is 1.92. The van der Waals surface area contributed by atoms with Gasteiger partial charge < -0.3 is 5.32 Å². The normalized spacial score (nSPS) is 18.1. The van der Waals surface area contributed by atoms with E-state index in [1.165, 1.54) is 36.6 Å². The first-order valence-corrected chi connectivity index (χ1v) is 6.97. The molecule has 0 radical (unpaired) electrons. The number of rotatable bonds is 3. The number of hydrogen-bond donors (Lipinski definition) is 1. The van der Waals surface area contributed by atoms with Gasteiger partial charge >= 0.3 is 0 Å². The summed E-state index contributed by atoms with van der Waals surface area (Å²) in [5.41, 5.74) is 1.35. The van der Waals surface area contributed by atoms with E-state index in [4.69, 9.17) is 0 Å². The minimum atomic E-state index is 0.960. The molecule has 0 spiro atoms. The number of aromatic nitrogens is 1. The zero-order valence-electron chi connectivity index (χ0n) is 9.78. The summed E-state index contributed by atoms with van der Waals surface area (Å²) in [6.45, 7) is 3.49. The first-order chi connectivity index (χ1) is 7.88. The van der Waals surface area contributed by atoms with Crippen LogP contribution >= 0.6 is 11.8 Å². The molecule has 1 aliphatic heterocycles. The Morgan fingerprint density at radius 2 is 2.38 bits per heavy atom. The molecule has 0 atom stereocenters. The lowest BCUT2D eigenvalue weighted by atomic mass is 10.2. The lowest BCUT2D eigenvalue weighted by molar-refractivity contribution is 0.287. The van der Waals surface area contributed by atoms with E-state index >= 15 is 0 Å². The van der Waals surface area contributed by atoms with Crippen molar-refractivity contribution in [3.63, 3.8) is 0 Å². The fraction of sp³-hybridized carbons (Fsp3) is 0.583. The smallest absolute Gasteiger partial charge is 0.125 e. The molecule has 1 N–H and O–H groups in total. The Labute approximate surface area is 102 Å². The molecule has 0 bridgehead atoms. The predicted octanol–water partition coefficient (Wildman–Crippen LogP) is 2.06. The molecule has 4 heteroatoms. The van der Waals surface area contributed by atoms with Crippen LogP contribution in [-0.4, -0.2) is 41.5 Å². The van der Waals surface area contributed by atoms with E-state index in [1.807, 2.05) is 13.2 Å². The second-order valence-corrected chi connectivity index (χ2v) is 5.27. The van der Waals surface area contributed by atoms with Crippen molar-refractivity contribution in [3.05, 3.63) is 23.9 Å². The number of pyridine rings is 1. The molecule has 0 saturated carbocycles. The van der Waals surface area contributed by atoms with E-state index in [-0.39, 0.29) is 0 Å². The second kappa shape index (κ2) is 6.11. The quantitative estimate of drug-likeness (QED) is 0.871. The van der Waals surface area contributed by atoms with Crippen LogP contribution in [0.4, 0.5) is 5.82 Å². The molecule has 1 aromatic heterocycles. The van der Waals surface area contributed by atoms with Gasteiger partial charge in [0.2, 0.25) is 0 Å². The van der Waals surface area contributed by atoms with E-state index in [2.05, 4.69) is 39.1 Å². The van der Waals surface area contributed by atoms with Gasteiger partial charge in [0.05, 0.1) is 0 Å². The molecule has 1 saturated heterocycles. The molecule has 1 aromatic rings. The number of nitrogens with zero attached hydrogens (tertiary/aromatic N) is 2. The lowest BCUT2D eigenvalue weighted by Crippen LogP contribution is -2.25. The molecule has 2 heterocycles. The van der Waals surface area contributed by atoms with Gasteiger partial charge in [0, 0.05) is 32.1 Å². The van der Waals surface area contributed by atoms with Crippen LogP contribution in [-0.2, 0) is 6.54 Å². The Kier molecular flexibility index (Phi) is 4.48. The van der Waals surface area contributed by atoms with E-state index in [0.717, 1.165) is 12.4 Å². The highest BCUT2D eigenvalue weighted by atomic mass is 32.2. The SMILES string of the molecule is CNc1cc(CN2CCCSCC2)ccn1. The minimum Gasteiger partial charge on any atom is -0.373 e. The number of nitrogens with one attached hydrogen (secondary N) is 1. The molecular formula is C12H19N3S. The predicted molar refractivity (Wildman–Crippen MR) is 71.0 cm³/mol. The zero-order valence-corrected chi connectivity index (χ0v) is 10.6. The third-order valence-electron chi connectivity index (χ3n) is 2.80. The average molecular weight is 237 g/mol. The standard InChI is InChI=1S/C12H19N3S/c1-13-12-9-11(3-4-14-12)10-15-5-2-7-16-8-6-15/h3-4,9H,2,5-8,10H2,1H3,(H,13,14). The summed E-state index contributed by atoms with van der Waals surface area (Å²) in [4.78, 5) is 6.77. The lowest BCUT2D eigenvalue weighted by Gasteiger charge is -2.19. The Morgan fingerprint density at radius 3 is 3.25 bits per heavy atom. The van der Waals surface area contributed by atoms with Gasteiger partial charge in [-0.15, -0.1) is 0 Å². The van der Waals surface area contributed by atoms with Crippen molar-refractivity contribution in [2.24, 2.45) is 0 Å². The summed E-state index contributed by atoms with van der Waals surface area (Å²) in [6.07, 6.45) is 3.20. The molecule has 3 nitrogen and oxygen atoms in total. The highest BCUT2D eigenvalue weighted by Crippen LogP contribution is 2.14. The van der Waals surface area contributed by atoms with Gasteiger partial charge in [0.25, 0.3) is 0 Å². The first kappa shape index (κ1) is 11.7. The molecule has 2 rings (SSSR count). The van der Waals surface area contributed by atoms with Crippen molar-refractivity contribution in [3.8, 4) is 0 Å². The van der Waals surface area contributed by atoms with Crippen LogP contribution in [0.3, 0.4) is 0 Å². The van der Waals surface area contributed by atoms with Crippen LogP contribution in [0, 0.1) is 0 Å². The van der Waals surface area contributed by atoms with Crippen molar-refractivity contribution in [2.45, 2.75) is 13.0 Å². The maximum absolute atomic E-state index is 4.24. The van der Waals surface area contributed by atoms with Crippen molar-refractivity contribution >= 4 is 17.6 Å². The van der Waals surface area contributed by atoms with E-state index in [1.54, 1.807) is 0 Å². The number of thioether (sulfide) groups is 1. The second-order valence-electron chi connectivity index (χ2n) is 4.04. The first-order valence-electron chi connectivity index (χ1n) is 5.81. The fourth-order valence-corrected chi connectivity index (χ4v) is 2.85. The molecular weight excluding hydrogens is 218 g/mol. The monoisotopic (exact) mass is 237 g/mol. The van der Waals surface area contributed by atoms with Crippen molar-refractivity contribution < 1.29 is 0 Å². The Hall–Kier alpha value is -0.740. The Balaban J connectivity index is 1.96. The highest BCUT2D eigenvalue weighted by molar-refractivity contribution is 7.99. The molecule has 0 unspecified atom stereocenters. The van der Waals surface area contributed by atoms with Gasteiger partial charge in [-0.1, -0.05) is 0 Å². The van der Waals surface area contributed by atoms with Crippen molar-refractivity contribution in [2.75, 3.05) is 37.0 Å². The molecule has 0 amide bonds.